The van der Waals surface area contributed by atoms with Crippen LogP contribution in [0.1, 0.15) is 27.2 Å². The number of ketones is 1. The molecule has 0 radical (unpaired) electrons. The van der Waals surface area contributed by atoms with Crippen molar-refractivity contribution in [1.29, 1.82) is 0 Å². The van der Waals surface area contributed by atoms with Gasteiger partial charge in [0.05, 0.1) is 12.2 Å². The third-order valence-electron chi connectivity index (χ3n) is 3.04. The molecule has 0 heterocycles. The molecule has 2 aliphatic rings. The zero-order chi connectivity index (χ0) is 10.3. The van der Waals surface area contributed by atoms with Gasteiger partial charge in [0.25, 0.3) is 0 Å². The van der Waals surface area contributed by atoms with E-state index in [4.69, 9.17) is 4.74 Å². The van der Waals surface area contributed by atoms with Gasteiger partial charge in [-0.2, -0.15) is 0 Å². The first-order chi connectivity index (χ1) is 6.47. The number of Topliss-reactive ketones (excluding diaryl/α,β-unsaturated/α-hetero) is 1. The quantitative estimate of drug-likeness (QED) is 0.630. The molecule has 0 aliphatic heterocycles. The van der Waals surface area contributed by atoms with Crippen LogP contribution in [0.15, 0.2) is 12.2 Å². The molecule has 2 bridgehead atoms. The Labute approximate surface area is 85.3 Å². The molecular weight excluding hydrogens is 176 g/mol. The normalized spacial score (nSPS) is 35.6. The first-order valence-electron chi connectivity index (χ1n) is 5.33. The maximum absolute atomic E-state index is 11.6. The lowest BCUT2D eigenvalue weighted by Crippen LogP contribution is -2.25. The van der Waals surface area contributed by atoms with Crippen molar-refractivity contribution < 1.29 is 9.53 Å². The Hall–Kier alpha value is -0.630. The maximum atomic E-state index is 11.6. The Morgan fingerprint density at radius 3 is 2.57 bits per heavy atom. The topological polar surface area (TPSA) is 26.3 Å². The number of hydrogen-bond acceptors (Lipinski definition) is 2. The molecule has 2 nitrogen and oxygen atoms in total. The fourth-order valence-corrected chi connectivity index (χ4v) is 2.28. The van der Waals surface area contributed by atoms with Gasteiger partial charge in [-0.3, -0.25) is 4.79 Å². The third kappa shape index (κ3) is 1.76. The zero-order valence-corrected chi connectivity index (χ0v) is 9.12. The van der Waals surface area contributed by atoms with E-state index in [-0.39, 0.29) is 17.4 Å². The molecule has 78 valence electrons. The van der Waals surface area contributed by atoms with Crippen molar-refractivity contribution in [3.63, 3.8) is 0 Å². The molecule has 2 rings (SSSR count). The van der Waals surface area contributed by atoms with E-state index >= 15 is 0 Å². The van der Waals surface area contributed by atoms with Gasteiger partial charge in [-0.1, -0.05) is 12.2 Å². The molecule has 0 spiro atoms. The summed E-state index contributed by atoms with van der Waals surface area (Å²) in [6.07, 6.45) is 5.11. The van der Waals surface area contributed by atoms with Crippen LogP contribution in [0.3, 0.4) is 0 Å². The van der Waals surface area contributed by atoms with Crippen LogP contribution in [-0.4, -0.2) is 18.0 Å². The number of carbonyl (C=O) groups is 1. The number of allylic oxidation sites excluding steroid dienone is 2. The summed E-state index contributed by atoms with van der Waals surface area (Å²) in [7, 11) is 0. The molecule has 2 heteroatoms. The highest BCUT2D eigenvalue weighted by Gasteiger charge is 2.43. The van der Waals surface area contributed by atoms with Crippen LogP contribution >= 0.6 is 0 Å². The Balaban J connectivity index is 1.90. The van der Waals surface area contributed by atoms with Crippen molar-refractivity contribution in [1.82, 2.24) is 0 Å². The number of carbonyl (C=O) groups excluding carboxylic acids is 1. The molecule has 14 heavy (non-hydrogen) atoms. The van der Waals surface area contributed by atoms with Crippen LogP contribution in [0.4, 0.5) is 0 Å². The minimum atomic E-state index is -0.0887. The molecule has 0 saturated heterocycles. The lowest BCUT2D eigenvalue weighted by atomic mass is 9.94. The van der Waals surface area contributed by atoms with Crippen molar-refractivity contribution >= 4 is 5.78 Å². The molecule has 1 fully saturated rings. The van der Waals surface area contributed by atoms with Gasteiger partial charge in [-0.15, -0.1) is 0 Å². The molecule has 0 aromatic rings. The standard InChI is InChI=1S/C12H18O2/c1-12(2,3)14-7-9-6-8-4-5-10(9)11(8)13/h4-5,8-10H,6-7H2,1-3H3. The van der Waals surface area contributed by atoms with E-state index in [1.54, 1.807) is 0 Å². The highest BCUT2D eigenvalue weighted by molar-refractivity contribution is 5.91. The van der Waals surface area contributed by atoms with Gasteiger partial charge in [0.2, 0.25) is 0 Å². The molecular formula is C12H18O2. The SMILES string of the molecule is CC(C)(C)OCC1CC2C=CC1C2=O. The summed E-state index contributed by atoms with van der Waals surface area (Å²) in [5, 5.41) is 0. The Bertz CT molecular complexity index is 273. The first-order valence-corrected chi connectivity index (χ1v) is 5.33. The highest BCUT2D eigenvalue weighted by atomic mass is 16.5. The van der Waals surface area contributed by atoms with Crippen LogP contribution < -0.4 is 0 Å². The van der Waals surface area contributed by atoms with Gasteiger partial charge in [-0.05, 0) is 33.1 Å². The van der Waals surface area contributed by atoms with E-state index < -0.39 is 0 Å². The van der Waals surface area contributed by atoms with Crippen LogP contribution in [0.2, 0.25) is 0 Å². The van der Waals surface area contributed by atoms with E-state index in [0.29, 0.717) is 11.7 Å². The number of ether oxygens (including phenoxy) is 1. The Morgan fingerprint density at radius 1 is 1.43 bits per heavy atom. The summed E-state index contributed by atoms with van der Waals surface area (Å²) in [5.74, 6) is 1.19. The summed E-state index contributed by atoms with van der Waals surface area (Å²) in [4.78, 5) is 11.6. The van der Waals surface area contributed by atoms with Gasteiger partial charge >= 0.3 is 0 Å². The summed E-state index contributed by atoms with van der Waals surface area (Å²) >= 11 is 0. The minimum Gasteiger partial charge on any atom is -0.376 e. The zero-order valence-electron chi connectivity index (χ0n) is 9.12. The molecule has 3 atom stereocenters. The fraction of sp³-hybridized carbons (Fsp3) is 0.750. The van der Waals surface area contributed by atoms with E-state index in [9.17, 15) is 4.79 Å². The van der Waals surface area contributed by atoms with Crippen molar-refractivity contribution in [3.8, 4) is 0 Å². The second kappa shape index (κ2) is 3.20. The molecule has 0 amide bonds. The third-order valence-corrected chi connectivity index (χ3v) is 3.04. The molecule has 3 unspecified atom stereocenters. The lowest BCUT2D eigenvalue weighted by molar-refractivity contribution is -0.121. The van der Waals surface area contributed by atoms with E-state index in [0.717, 1.165) is 13.0 Å². The second-order valence-corrected chi connectivity index (χ2v) is 5.34. The largest absolute Gasteiger partial charge is 0.376 e. The van der Waals surface area contributed by atoms with Crippen LogP contribution in [0, 0.1) is 17.8 Å². The van der Waals surface area contributed by atoms with Crippen LogP contribution in [0.25, 0.3) is 0 Å². The monoisotopic (exact) mass is 194 g/mol. The van der Waals surface area contributed by atoms with Gasteiger partial charge in [-0.25, -0.2) is 0 Å². The van der Waals surface area contributed by atoms with Crippen molar-refractivity contribution in [3.05, 3.63) is 12.2 Å². The number of hydrogen-bond donors (Lipinski definition) is 0. The lowest BCUT2D eigenvalue weighted by Gasteiger charge is -2.24. The molecule has 0 N–H and O–H groups in total. The average molecular weight is 194 g/mol. The number of fused-ring (bicyclic) bond motifs is 2. The van der Waals surface area contributed by atoms with Crippen molar-refractivity contribution in [2.45, 2.75) is 32.8 Å². The average Bonchev–Trinajstić information content (AvgIpc) is 2.57. The minimum absolute atomic E-state index is 0.0887. The first kappa shape index (κ1) is 9.91. The van der Waals surface area contributed by atoms with E-state index in [2.05, 4.69) is 32.9 Å². The summed E-state index contributed by atoms with van der Waals surface area (Å²) in [6.45, 7) is 6.88. The maximum Gasteiger partial charge on any atom is 0.146 e. The molecule has 0 aromatic carbocycles. The van der Waals surface area contributed by atoms with Gasteiger partial charge in [0.15, 0.2) is 0 Å². The van der Waals surface area contributed by atoms with Crippen molar-refractivity contribution in [2.75, 3.05) is 6.61 Å². The summed E-state index contributed by atoms with van der Waals surface area (Å²) in [6, 6.07) is 0. The van der Waals surface area contributed by atoms with E-state index in [1.165, 1.54) is 0 Å². The van der Waals surface area contributed by atoms with Crippen LogP contribution in [0.5, 0.6) is 0 Å². The van der Waals surface area contributed by atoms with Gasteiger partial charge in [0, 0.05) is 11.8 Å². The molecule has 2 aliphatic carbocycles. The summed E-state index contributed by atoms with van der Waals surface area (Å²) in [5.41, 5.74) is -0.0887. The van der Waals surface area contributed by atoms with Gasteiger partial charge in [0.1, 0.15) is 5.78 Å². The second-order valence-electron chi connectivity index (χ2n) is 5.34. The van der Waals surface area contributed by atoms with Crippen molar-refractivity contribution in [2.24, 2.45) is 17.8 Å². The van der Waals surface area contributed by atoms with Crippen LogP contribution in [-0.2, 0) is 9.53 Å². The number of rotatable bonds is 2. The summed E-state index contributed by atoms with van der Waals surface area (Å²) < 4.78 is 5.73. The smallest absolute Gasteiger partial charge is 0.146 e. The Kier molecular flexibility index (Phi) is 2.26. The molecule has 1 saturated carbocycles. The predicted octanol–water partition coefficient (Wildman–Crippen LogP) is 2.19. The van der Waals surface area contributed by atoms with Gasteiger partial charge < -0.3 is 4.74 Å². The molecule has 0 aromatic heterocycles. The highest BCUT2D eigenvalue weighted by Crippen LogP contribution is 2.40. The van der Waals surface area contributed by atoms with E-state index in [1.807, 2.05) is 0 Å². The predicted molar refractivity (Wildman–Crippen MR) is 54.9 cm³/mol. The fourth-order valence-electron chi connectivity index (χ4n) is 2.28. The Morgan fingerprint density at radius 2 is 2.14 bits per heavy atom.